The lowest BCUT2D eigenvalue weighted by Gasteiger charge is -2.05. The third kappa shape index (κ3) is 3.28. The highest BCUT2D eigenvalue weighted by atomic mass is 32.2. The van der Waals surface area contributed by atoms with Gasteiger partial charge in [0, 0.05) is 5.75 Å². The van der Waals surface area contributed by atoms with Gasteiger partial charge < -0.3 is 0 Å². The van der Waals surface area contributed by atoms with Gasteiger partial charge in [-0.1, -0.05) is 6.92 Å². The third-order valence-electron chi connectivity index (χ3n) is 2.23. The van der Waals surface area contributed by atoms with Crippen LogP contribution in [0.3, 0.4) is 0 Å². The van der Waals surface area contributed by atoms with Crippen molar-refractivity contribution in [3.63, 3.8) is 0 Å². The molecule has 0 aromatic carbocycles. The molecule has 2 N–H and O–H groups in total. The van der Waals surface area contributed by atoms with Gasteiger partial charge in [0.15, 0.2) is 14.9 Å². The molecule has 0 aliphatic rings. The highest BCUT2D eigenvalue weighted by Crippen LogP contribution is 2.12. The van der Waals surface area contributed by atoms with Gasteiger partial charge in [0.2, 0.25) is 0 Å². The van der Waals surface area contributed by atoms with Gasteiger partial charge in [-0.05, 0) is 0 Å². The molecular weight excluding hydrogens is 280 g/mol. The number of nitriles is 1. The minimum atomic E-state index is -4.12. The molecule has 0 atom stereocenters. The third-order valence-corrected chi connectivity index (χ3v) is 4.89. The molecule has 0 amide bonds. The van der Waals surface area contributed by atoms with Crippen LogP contribution in [0.25, 0.3) is 0 Å². The van der Waals surface area contributed by atoms with Crippen molar-refractivity contribution in [1.29, 1.82) is 5.26 Å². The van der Waals surface area contributed by atoms with Crippen LogP contribution in [0, 0.1) is 11.3 Å². The molecule has 0 bridgehead atoms. The van der Waals surface area contributed by atoms with E-state index < -0.39 is 24.9 Å². The van der Waals surface area contributed by atoms with Crippen molar-refractivity contribution in [3.8, 4) is 6.07 Å². The molecule has 0 aliphatic heterocycles. The summed E-state index contributed by atoms with van der Waals surface area (Å²) in [5.74, 6) is -0.317. The maximum Gasteiger partial charge on any atom is 0.256 e. The lowest BCUT2D eigenvalue weighted by molar-refractivity contribution is 0.544. The van der Waals surface area contributed by atoms with Crippen molar-refractivity contribution < 1.29 is 16.8 Å². The average Bonchev–Trinajstić information content (AvgIpc) is 2.69. The molecule has 0 radical (unpaired) electrons. The van der Waals surface area contributed by atoms with Crippen LogP contribution in [0.4, 0.5) is 0 Å². The highest BCUT2D eigenvalue weighted by Gasteiger charge is 2.22. The zero-order chi connectivity index (χ0) is 14.0. The van der Waals surface area contributed by atoms with Gasteiger partial charge in [-0.25, -0.2) is 22.0 Å². The van der Waals surface area contributed by atoms with Crippen molar-refractivity contribution in [2.75, 3.05) is 11.5 Å². The van der Waals surface area contributed by atoms with E-state index in [2.05, 4.69) is 5.10 Å². The normalized spacial score (nSPS) is 12.3. The lowest BCUT2D eigenvalue weighted by Crippen LogP contribution is -2.22. The first-order chi connectivity index (χ1) is 8.21. The van der Waals surface area contributed by atoms with Gasteiger partial charge in [-0.2, -0.15) is 10.4 Å². The van der Waals surface area contributed by atoms with E-state index in [1.807, 2.05) is 0 Å². The summed E-state index contributed by atoms with van der Waals surface area (Å²) in [5.41, 5.74) is -0.202. The number of nitrogens with zero attached hydrogens (tertiary/aromatic N) is 3. The number of rotatable bonds is 5. The minimum Gasteiger partial charge on any atom is -0.251 e. The molecule has 100 valence electrons. The molecule has 0 spiro atoms. The molecule has 0 saturated carbocycles. The fourth-order valence-corrected chi connectivity index (χ4v) is 2.86. The van der Waals surface area contributed by atoms with E-state index in [9.17, 15) is 16.8 Å². The van der Waals surface area contributed by atoms with E-state index in [4.69, 9.17) is 10.4 Å². The topological polar surface area (TPSA) is 136 Å². The smallest absolute Gasteiger partial charge is 0.251 e. The molecule has 1 aromatic heterocycles. The van der Waals surface area contributed by atoms with Crippen LogP contribution in [0.5, 0.6) is 0 Å². The van der Waals surface area contributed by atoms with Crippen LogP contribution in [-0.4, -0.2) is 38.1 Å². The summed E-state index contributed by atoms with van der Waals surface area (Å²) in [6.07, 6.45) is 1.04. The van der Waals surface area contributed by atoms with Crippen molar-refractivity contribution in [3.05, 3.63) is 11.8 Å². The Labute approximate surface area is 105 Å². The van der Waals surface area contributed by atoms with Crippen molar-refractivity contribution in [1.82, 2.24) is 9.78 Å². The first-order valence-corrected chi connectivity index (χ1v) is 8.27. The number of sulfone groups is 1. The molecule has 0 unspecified atom stereocenters. The van der Waals surface area contributed by atoms with Gasteiger partial charge in [0.25, 0.3) is 10.0 Å². The molecule has 8 nitrogen and oxygen atoms in total. The molecule has 10 heteroatoms. The minimum absolute atomic E-state index is 0.0515. The number of sulfonamides is 1. The Morgan fingerprint density at radius 1 is 1.44 bits per heavy atom. The zero-order valence-corrected chi connectivity index (χ0v) is 11.2. The number of aromatic nitrogens is 2. The Kier molecular flexibility index (Phi) is 4.10. The number of hydrogen-bond donors (Lipinski definition) is 1. The van der Waals surface area contributed by atoms with Gasteiger partial charge in [0.05, 0.1) is 18.5 Å². The molecule has 1 rings (SSSR count). The molecule has 0 saturated heterocycles. The second-order valence-electron chi connectivity index (χ2n) is 3.48. The molecule has 18 heavy (non-hydrogen) atoms. The monoisotopic (exact) mass is 292 g/mol. The molecule has 0 aliphatic carbocycles. The molecule has 0 fully saturated rings. The highest BCUT2D eigenvalue weighted by molar-refractivity contribution is 7.91. The summed E-state index contributed by atoms with van der Waals surface area (Å²) >= 11 is 0. The van der Waals surface area contributed by atoms with Crippen molar-refractivity contribution in [2.45, 2.75) is 18.5 Å². The quantitative estimate of drug-likeness (QED) is 0.726. The van der Waals surface area contributed by atoms with E-state index in [1.165, 1.54) is 6.92 Å². The number of hydrogen-bond acceptors (Lipinski definition) is 6. The van der Waals surface area contributed by atoms with Crippen LogP contribution < -0.4 is 5.14 Å². The van der Waals surface area contributed by atoms with E-state index >= 15 is 0 Å². The van der Waals surface area contributed by atoms with Crippen LogP contribution in [-0.2, 0) is 26.4 Å². The fraction of sp³-hybridized carbons (Fsp3) is 0.500. The predicted molar refractivity (Wildman–Crippen MR) is 62.6 cm³/mol. The maximum atomic E-state index is 11.3. The van der Waals surface area contributed by atoms with Crippen molar-refractivity contribution in [2.24, 2.45) is 5.14 Å². The van der Waals surface area contributed by atoms with E-state index in [0.29, 0.717) is 0 Å². The molecule has 1 aromatic rings. The second kappa shape index (κ2) is 5.05. The Hall–Kier alpha value is -1.44. The summed E-state index contributed by atoms with van der Waals surface area (Å²) < 4.78 is 46.2. The summed E-state index contributed by atoms with van der Waals surface area (Å²) in [6, 6.07) is 1.64. The van der Waals surface area contributed by atoms with E-state index in [0.717, 1.165) is 10.9 Å². The Bertz CT molecular complexity index is 681. The molecule has 1 heterocycles. The Balaban J connectivity index is 3.14. The fourth-order valence-electron chi connectivity index (χ4n) is 1.28. The van der Waals surface area contributed by atoms with Crippen molar-refractivity contribution >= 4 is 19.9 Å². The number of primary sulfonamides is 1. The average molecular weight is 292 g/mol. The summed E-state index contributed by atoms with van der Waals surface area (Å²) in [4.78, 5) is 0. The summed E-state index contributed by atoms with van der Waals surface area (Å²) in [7, 11) is -7.38. The molecular formula is C8H12N4O4S2. The van der Waals surface area contributed by atoms with Crippen LogP contribution in [0.15, 0.2) is 11.2 Å². The maximum absolute atomic E-state index is 11.3. The predicted octanol–water partition coefficient (Wildman–Crippen LogP) is -1.16. The summed E-state index contributed by atoms with van der Waals surface area (Å²) in [6.45, 7) is 1.32. The van der Waals surface area contributed by atoms with Gasteiger partial charge in [0.1, 0.15) is 11.6 Å². The first kappa shape index (κ1) is 14.6. The largest absolute Gasteiger partial charge is 0.256 e. The SMILES string of the molecule is CCS(=O)(=O)CCn1ncc(C#N)c1S(N)(=O)=O. The lowest BCUT2D eigenvalue weighted by atomic mass is 10.4. The Morgan fingerprint density at radius 2 is 2.06 bits per heavy atom. The standard InChI is InChI=1S/C8H12N4O4S2/c1-2-17(13,14)4-3-12-8(18(10,15)16)7(5-9)6-11-12/h6H,2-4H2,1H3,(H2,10,15,16). The number of aryl methyl sites for hydroxylation is 1. The second-order valence-corrected chi connectivity index (χ2v) is 7.43. The van der Waals surface area contributed by atoms with E-state index in [1.54, 1.807) is 6.07 Å². The zero-order valence-electron chi connectivity index (χ0n) is 9.57. The van der Waals surface area contributed by atoms with Gasteiger partial charge in [-0.15, -0.1) is 0 Å². The van der Waals surface area contributed by atoms with E-state index in [-0.39, 0.29) is 23.6 Å². The van der Waals surface area contributed by atoms with Gasteiger partial charge >= 0.3 is 0 Å². The summed E-state index contributed by atoms with van der Waals surface area (Å²) in [5, 5.41) is 16.9. The van der Waals surface area contributed by atoms with Crippen LogP contribution in [0.2, 0.25) is 0 Å². The van der Waals surface area contributed by atoms with Crippen LogP contribution >= 0.6 is 0 Å². The Morgan fingerprint density at radius 3 is 2.50 bits per heavy atom. The van der Waals surface area contributed by atoms with Crippen LogP contribution in [0.1, 0.15) is 12.5 Å². The first-order valence-electron chi connectivity index (χ1n) is 4.90. The number of nitrogens with two attached hydrogens (primary N) is 1. The van der Waals surface area contributed by atoms with Gasteiger partial charge in [-0.3, -0.25) is 4.68 Å².